The fourth-order valence-electron chi connectivity index (χ4n) is 2.53. The fraction of sp³-hybridized carbons (Fsp3) is 0.176. The van der Waals surface area contributed by atoms with E-state index in [4.69, 9.17) is 10.5 Å². The summed E-state index contributed by atoms with van der Waals surface area (Å²) in [7, 11) is 0. The summed E-state index contributed by atoms with van der Waals surface area (Å²) in [6, 6.07) is 18.1. The molecule has 0 bridgehead atoms. The van der Waals surface area contributed by atoms with E-state index in [1.165, 1.54) is 11.1 Å². The van der Waals surface area contributed by atoms with Gasteiger partial charge in [0.25, 0.3) is 0 Å². The fourth-order valence-corrected chi connectivity index (χ4v) is 3.63. The summed E-state index contributed by atoms with van der Waals surface area (Å²) >= 11 is 1.90. The summed E-state index contributed by atoms with van der Waals surface area (Å²) in [6.07, 6.45) is 0. The standard InChI is InChI=1S/C17H13N3S/c18-8-12-5-6-15(7-14(12)9-19)20-17-11-21-10-13-3-1-2-4-16(13)17/h1-7,17,20H,10-11H2. The lowest BCUT2D eigenvalue weighted by atomic mass is 10.0. The van der Waals surface area contributed by atoms with Gasteiger partial charge in [-0.3, -0.25) is 0 Å². The van der Waals surface area contributed by atoms with Gasteiger partial charge in [-0.05, 0) is 29.3 Å². The predicted octanol–water partition coefficient (Wildman–Crippen LogP) is 3.83. The molecule has 0 radical (unpaired) electrons. The number of benzene rings is 2. The van der Waals surface area contributed by atoms with Crippen LogP contribution in [-0.4, -0.2) is 5.75 Å². The molecule has 21 heavy (non-hydrogen) atoms. The van der Waals surface area contributed by atoms with Crippen molar-refractivity contribution in [2.45, 2.75) is 11.8 Å². The van der Waals surface area contributed by atoms with Gasteiger partial charge in [-0.25, -0.2) is 0 Å². The SMILES string of the molecule is N#Cc1ccc(NC2CSCc3ccccc32)cc1C#N. The summed E-state index contributed by atoms with van der Waals surface area (Å²) < 4.78 is 0. The molecule has 1 atom stereocenters. The minimum atomic E-state index is 0.236. The molecule has 0 amide bonds. The Kier molecular flexibility index (Phi) is 3.81. The number of fused-ring (bicyclic) bond motifs is 1. The zero-order valence-corrected chi connectivity index (χ0v) is 12.2. The Bertz CT molecular complexity index is 755. The van der Waals surface area contributed by atoms with Crippen LogP contribution in [0, 0.1) is 22.7 Å². The zero-order valence-electron chi connectivity index (χ0n) is 11.3. The maximum Gasteiger partial charge on any atom is 0.101 e. The molecule has 0 saturated heterocycles. The molecule has 1 aliphatic heterocycles. The van der Waals surface area contributed by atoms with Crippen LogP contribution < -0.4 is 5.32 Å². The summed E-state index contributed by atoms with van der Waals surface area (Å²) in [5.74, 6) is 2.05. The molecular formula is C17H13N3S. The lowest BCUT2D eigenvalue weighted by molar-refractivity contribution is 0.871. The first-order chi connectivity index (χ1) is 10.3. The van der Waals surface area contributed by atoms with Gasteiger partial charge >= 0.3 is 0 Å². The van der Waals surface area contributed by atoms with Crippen LogP contribution in [0.1, 0.15) is 28.3 Å². The van der Waals surface area contributed by atoms with Crippen LogP contribution in [-0.2, 0) is 5.75 Å². The van der Waals surface area contributed by atoms with Crippen LogP contribution in [0.4, 0.5) is 5.69 Å². The van der Waals surface area contributed by atoms with E-state index in [0.717, 1.165) is 17.2 Å². The summed E-state index contributed by atoms with van der Waals surface area (Å²) in [5.41, 5.74) is 4.40. The van der Waals surface area contributed by atoms with E-state index in [9.17, 15) is 0 Å². The first kappa shape index (κ1) is 13.5. The van der Waals surface area contributed by atoms with Crippen LogP contribution in [0.3, 0.4) is 0 Å². The average Bonchev–Trinajstić information content (AvgIpc) is 2.55. The number of nitrogens with zero attached hydrogens (tertiary/aromatic N) is 2. The quantitative estimate of drug-likeness (QED) is 0.913. The number of anilines is 1. The van der Waals surface area contributed by atoms with Gasteiger partial charge < -0.3 is 5.32 Å². The third kappa shape index (κ3) is 2.72. The first-order valence-electron chi connectivity index (χ1n) is 6.68. The summed E-state index contributed by atoms with van der Waals surface area (Å²) in [5, 5.41) is 21.6. The molecule has 0 aliphatic carbocycles. The Labute approximate surface area is 128 Å². The monoisotopic (exact) mass is 291 g/mol. The van der Waals surface area contributed by atoms with Crippen LogP contribution in [0.15, 0.2) is 42.5 Å². The maximum absolute atomic E-state index is 9.10. The average molecular weight is 291 g/mol. The predicted molar refractivity (Wildman–Crippen MR) is 84.8 cm³/mol. The van der Waals surface area contributed by atoms with Crippen molar-refractivity contribution < 1.29 is 0 Å². The van der Waals surface area contributed by atoms with Crippen molar-refractivity contribution >= 4 is 17.4 Å². The topological polar surface area (TPSA) is 59.6 Å². The first-order valence-corrected chi connectivity index (χ1v) is 7.83. The number of rotatable bonds is 2. The Hall–Kier alpha value is -2.43. The van der Waals surface area contributed by atoms with Gasteiger partial charge in [0.2, 0.25) is 0 Å². The molecule has 0 aromatic heterocycles. The molecule has 1 heterocycles. The Morgan fingerprint density at radius 1 is 1.05 bits per heavy atom. The Morgan fingerprint density at radius 2 is 1.86 bits per heavy atom. The van der Waals surface area contributed by atoms with Gasteiger partial charge in [-0.15, -0.1) is 0 Å². The van der Waals surface area contributed by atoms with E-state index >= 15 is 0 Å². The second-order valence-corrected chi connectivity index (χ2v) is 5.93. The van der Waals surface area contributed by atoms with Gasteiger partial charge in [0, 0.05) is 17.2 Å². The van der Waals surface area contributed by atoms with Crippen molar-refractivity contribution in [2.24, 2.45) is 0 Å². The summed E-state index contributed by atoms with van der Waals surface area (Å²) in [6.45, 7) is 0. The van der Waals surface area contributed by atoms with E-state index in [1.807, 2.05) is 23.9 Å². The highest BCUT2D eigenvalue weighted by molar-refractivity contribution is 7.98. The van der Waals surface area contributed by atoms with Crippen LogP contribution in [0.5, 0.6) is 0 Å². The molecule has 0 spiro atoms. The highest BCUT2D eigenvalue weighted by atomic mass is 32.2. The zero-order chi connectivity index (χ0) is 14.7. The van der Waals surface area contributed by atoms with Crippen molar-refractivity contribution in [2.75, 3.05) is 11.1 Å². The summed E-state index contributed by atoms with van der Waals surface area (Å²) in [4.78, 5) is 0. The number of thioether (sulfide) groups is 1. The molecule has 2 aromatic rings. The molecule has 3 rings (SSSR count). The number of nitriles is 2. The third-order valence-electron chi connectivity index (χ3n) is 3.57. The van der Waals surface area contributed by atoms with Gasteiger partial charge in [-0.1, -0.05) is 24.3 Å². The smallest absolute Gasteiger partial charge is 0.101 e. The van der Waals surface area contributed by atoms with E-state index in [1.54, 1.807) is 12.1 Å². The van der Waals surface area contributed by atoms with Gasteiger partial charge in [0.15, 0.2) is 0 Å². The second-order valence-electron chi connectivity index (χ2n) is 4.89. The minimum Gasteiger partial charge on any atom is -0.377 e. The lowest BCUT2D eigenvalue weighted by Crippen LogP contribution is -2.18. The maximum atomic E-state index is 9.10. The molecule has 4 heteroatoms. The molecule has 1 unspecified atom stereocenters. The number of hydrogen-bond donors (Lipinski definition) is 1. The van der Waals surface area contributed by atoms with Crippen LogP contribution in [0.25, 0.3) is 0 Å². The highest BCUT2D eigenvalue weighted by Gasteiger charge is 2.20. The Morgan fingerprint density at radius 3 is 2.67 bits per heavy atom. The molecular weight excluding hydrogens is 278 g/mol. The van der Waals surface area contributed by atoms with Crippen molar-refractivity contribution in [1.29, 1.82) is 10.5 Å². The van der Waals surface area contributed by atoms with E-state index < -0.39 is 0 Å². The van der Waals surface area contributed by atoms with Crippen molar-refractivity contribution in [3.8, 4) is 12.1 Å². The molecule has 1 aliphatic rings. The number of hydrogen-bond acceptors (Lipinski definition) is 4. The van der Waals surface area contributed by atoms with Crippen molar-refractivity contribution in [3.05, 3.63) is 64.7 Å². The van der Waals surface area contributed by atoms with Crippen molar-refractivity contribution in [1.82, 2.24) is 0 Å². The van der Waals surface area contributed by atoms with E-state index in [-0.39, 0.29) is 6.04 Å². The minimum absolute atomic E-state index is 0.236. The molecule has 102 valence electrons. The highest BCUT2D eigenvalue weighted by Crippen LogP contribution is 2.34. The van der Waals surface area contributed by atoms with Gasteiger partial charge in [0.1, 0.15) is 12.1 Å². The molecule has 2 aromatic carbocycles. The van der Waals surface area contributed by atoms with Crippen LogP contribution in [0.2, 0.25) is 0 Å². The lowest BCUT2D eigenvalue weighted by Gasteiger charge is -2.27. The Balaban J connectivity index is 1.89. The molecule has 0 saturated carbocycles. The third-order valence-corrected chi connectivity index (χ3v) is 4.66. The molecule has 0 fully saturated rings. The van der Waals surface area contributed by atoms with Crippen LogP contribution >= 0.6 is 11.8 Å². The van der Waals surface area contributed by atoms with E-state index in [0.29, 0.717) is 11.1 Å². The molecule has 1 N–H and O–H groups in total. The van der Waals surface area contributed by atoms with Gasteiger partial charge in [-0.2, -0.15) is 22.3 Å². The largest absolute Gasteiger partial charge is 0.377 e. The van der Waals surface area contributed by atoms with Crippen molar-refractivity contribution in [3.63, 3.8) is 0 Å². The van der Waals surface area contributed by atoms with Gasteiger partial charge in [0.05, 0.1) is 17.2 Å². The number of nitrogens with one attached hydrogen (secondary N) is 1. The van der Waals surface area contributed by atoms with E-state index in [2.05, 4.69) is 35.7 Å². The second kappa shape index (κ2) is 5.91. The normalized spacial score (nSPS) is 16.4. The molecule has 3 nitrogen and oxygen atoms in total.